The molecular formula is C19H26N2O4. The molecule has 2 rings (SSSR count). The molecule has 1 aromatic rings. The Balaban J connectivity index is 1.95. The minimum atomic E-state index is -0.677. The van der Waals surface area contributed by atoms with E-state index in [-0.39, 0.29) is 24.5 Å². The summed E-state index contributed by atoms with van der Waals surface area (Å²) < 4.78 is 5.22. The van der Waals surface area contributed by atoms with Crippen LogP contribution in [0, 0.1) is 5.92 Å². The lowest BCUT2D eigenvalue weighted by molar-refractivity contribution is -0.136. The average molecular weight is 346 g/mol. The zero-order chi connectivity index (χ0) is 18.2. The number of hydrogen-bond acceptors (Lipinski definition) is 4. The van der Waals surface area contributed by atoms with Gasteiger partial charge >= 0.3 is 6.09 Å². The minimum Gasteiger partial charge on any atom is -0.445 e. The van der Waals surface area contributed by atoms with Crippen LogP contribution in [0.5, 0.6) is 0 Å². The van der Waals surface area contributed by atoms with Crippen molar-refractivity contribution in [1.82, 2.24) is 10.2 Å². The fraction of sp³-hybridized carbons (Fsp3) is 0.526. The molecule has 0 radical (unpaired) electrons. The van der Waals surface area contributed by atoms with E-state index < -0.39 is 12.1 Å². The zero-order valence-corrected chi connectivity index (χ0v) is 14.8. The third-order valence-electron chi connectivity index (χ3n) is 4.25. The van der Waals surface area contributed by atoms with Gasteiger partial charge in [0.1, 0.15) is 18.9 Å². The van der Waals surface area contributed by atoms with Gasteiger partial charge < -0.3 is 19.7 Å². The van der Waals surface area contributed by atoms with Crippen molar-refractivity contribution in [3.63, 3.8) is 0 Å². The molecule has 0 saturated carbocycles. The van der Waals surface area contributed by atoms with Crippen LogP contribution in [0.2, 0.25) is 0 Å². The molecular weight excluding hydrogens is 320 g/mol. The summed E-state index contributed by atoms with van der Waals surface area (Å²) in [6, 6.07) is 8.29. The van der Waals surface area contributed by atoms with Crippen molar-refractivity contribution in [2.75, 3.05) is 6.54 Å². The number of nitrogens with one attached hydrogen (secondary N) is 1. The summed E-state index contributed by atoms with van der Waals surface area (Å²) in [5.74, 6) is 0.0145. The topological polar surface area (TPSA) is 75.7 Å². The van der Waals surface area contributed by atoms with Gasteiger partial charge in [-0.3, -0.25) is 4.79 Å². The van der Waals surface area contributed by atoms with E-state index in [9.17, 15) is 14.4 Å². The molecule has 0 unspecified atom stereocenters. The molecule has 2 atom stereocenters. The van der Waals surface area contributed by atoms with Gasteiger partial charge in [0.2, 0.25) is 5.91 Å². The van der Waals surface area contributed by atoms with Crippen molar-refractivity contribution in [2.24, 2.45) is 5.92 Å². The van der Waals surface area contributed by atoms with Gasteiger partial charge in [-0.2, -0.15) is 0 Å². The number of nitrogens with zero attached hydrogens (tertiary/aromatic N) is 1. The Labute approximate surface area is 148 Å². The number of carbonyl (C=O) groups is 3. The fourth-order valence-electron chi connectivity index (χ4n) is 3.01. The summed E-state index contributed by atoms with van der Waals surface area (Å²) in [6.07, 6.45) is 2.18. The monoisotopic (exact) mass is 346 g/mol. The molecule has 25 heavy (non-hydrogen) atoms. The van der Waals surface area contributed by atoms with Crippen molar-refractivity contribution in [2.45, 2.75) is 51.8 Å². The minimum absolute atomic E-state index is 0.149. The summed E-state index contributed by atoms with van der Waals surface area (Å²) in [7, 11) is 0. The van der Waals surface area contributed by atoms with Crippen molar-refractivity contribution in [3.05, 3.63) is 35.9 Å². The molecule has 1 heterocycles. The maximum absolute atomic E-state index is 12.8. The maximum atomic E-state index is 12.8. The van der Waals surface area contributed by atoms with E-state index in [1.807, 2.05) is 44.2 Å². The number of aldehydes is 1. The van der Waals surface area contributed by atoms with E-state index in [0.29, 0.717) is 19.4 Å². The van der Waals surface area contributed by atoms with Crippen molar-refractivity contribution in [3.8, 4) is 0 Å². The Morgan fingerprint density at radius 2 is 2.04 bits per heavy atom. The molecule has 1 N–H and O–H groups in total. The number of amides is 2. The normalized spacial score (nSPS) is 18.0. The van der Waals surface area contributed by atoms with Crippen LogP contribution in [-0.4, -0.2) is 41.8 Å². The molecule has 6 nitrogen and oxygen atoms in total. The van der Waals surface area contributed by atoms with Crippen LogP contribution in [-0.2, 0) is 20.9 Å². The van der Waals surface area contributed by atoms with Gasteiger partial charge in [-0.15, -0.1) is 0 Å². The molecule has 0 bridgehead atoms. The maximum Gasteiger partial charge on any atom is 0.408 e. The Bertz CT molecular complexity index is 588. The summed E-state index contributed by atoms with van der Waals surface area (Å²) in [6.45, 7) is 4.67. The van der Waals surface area contributed by atoms with E-state index in [0.717, 1.165) is 18.3 Å². The van der Waals surface area contributed by atoms with Gasteiger partial charge in [-0.25, -0.2) is 4.79 Å². The first-order chi connectivity index (χ1) is 12.0. The summed E-state index contributed by atoms with van der Waals surface area (Å²) >= 11 is 0. The zero-order valence-electron chi connectivity index (χ0n) is 14.8. The number of alkyl carbamates (subject to hydrolysis) is 1. The van der Waals surface area contributed by atoms with E-state index in [1.54, 1.807) is 4.90 Å². The molecule has 1 fully saturated rings. The highest BCUT2D eigenvalue weighted by Gasteiger charge is 2.34. The van der Waals surface area contributed by atoms with Crippen molar-refractivity contribution >= 4 is 18.3 Å². The standard InChI is InChI=1S/C19H26N2O4/c1-14(2)11-17(18(23)21-10-6-9-16(21)12-22)20-19(24)25-13-15-7-4-3-5-8-15/h3-5,7-8,12,14,16-17H,6,9-11,13H2,1-2H3,(H,20,24)/t16-,17-/m0/s1. The summed E-state index contributed by atoms with van der Waals surface area (Å²) in [5, 5.41) is 2.67. The number of benzene rings is 1. The average Bonchev–Trinajstić information content (AvgIpc) is 3.08. The molecule has 1 aromatic carbocycles. The third kappa shape index (κ3) is 5.59. The van der Waals surface area contributed by atoms with Crippen molar-refractivity contribution < 1.29 is 19.1 Å². The Morgan fingerprint density at radius 1 is 1.32 bits per heavy atom. The van der Waals surface area contributed by atoms with E-state index in [1.165, 1.54) is 0 Å². The molecule has 1 saturated heterocycles. The first-order valence-corrected chi connectivity index (χ1v) is 8.74. The second kappa shape index (κ2) is 9.20. The number of ether oxygens (including phenoxy) is 1. The number of rotatable bonds is 7. The second-order valence-electron chi connectivity index (χ2n) is 6.77. The van der Waals surface area contributed by atoms with E-state index in [4.69, 9.17) is 4.74 Å². The summed E-state index contributed by atoms with van der Waals surface area (Å²) in [5.41, 5.74) is 0.880. The molecule has 0 aliphatic carbocycles. The van der Waals surface area contributed by atoms with Crippen LogP contribution in [0.3, 0.4) is 0 Å². The highest BCUT2D eigenvalue weighted by molar-refractivity contribution is 5.88. The lowest BCUT2D eigenvalue weighted by Gasteiger charge is -2.27. The van der Waals surface area contributed by atoms with Crippen LogP contribution in [0.1, 0.15) is 38.7 Å². The highest BCUT2D eigenvalue weighted by Crippen LogP contribution is 2.18. The fourth-order valence-corrected chi connectivity index (χ4v) is 3.01. The predicted octanol–water partition coefficient (Wildman–Crippen LogP) is 2.52. The lowest BCUT2D eigenvalue weighted by Crippen LogP contribution is -2.51. The van der Waals surface area contributed by atoms with Crippen molar-refractivity contribution in [1.29, 1.82) is 0 Å². The van der Waals surface area contributed by atoms with Gasteiger partial charge in [0.15, 0.2) is 0 Å². The second-order valence-corrected chi connectivity index (χ2v) is 6.77. The molecule has 0 spiro atoms. The Morgan fingerprint density at radius 3 is 2.68 bits per heavy atom. The van der Waals surface area contributed by atoms with Gasteiger partial charge in [-0.05, 0) is 30.7 Å². The number of likely N-dealkylation sites (tertiary alicyclic amines) is 1. The smallest absolute Gasteiger partial charge is 0.408 e. The number of hydrogen-bond donors (Lipinski definition) is 1. The van der Waals surface area contributed by atoms with Crippen LogP contribution < -0.4 is 5.32 Å². The molecule has 1 aliphatic rings. The van der Waals surface area contributed by atoms with Gasteiger partial charge in [0, 0.05) is 6.54 Å². The van der Waals surface area contributed by atoms with Gasteiger partial charge in [0.25, 0.3) is 0 Å². The predicted molar refractivity (Wildman–Crippen MR) is 93.8 cm³/mol. The number of carbonyl (C=O) groups excluding carboxylic acids is 3. The van der Waals surface area contributed by atoms with E-state index >= 15 is 0 Å². The SMILES string of the molecule is CC(C)C[C@H](NC(=O)OCc1ccccc1)C(=O)N1CCC[C@H]1C=O. The first-order valence-electron chi connectivity index (χ1n) is 8.74. The molecule has 6 heteroatoms. The Kier molecular flexibility index (Phi) is 6.98. The molecule has 0 aromatic heterocycles. The van der Waals surface area contributed by atoms with Crippen LogP contribution in [0.15, 0.2) is 30.3 Å². The van der Waals surface area contributed by atoms with Gasteiger partial charge in [-0.1, -0.05) is 44.2 Å². The molecule has 2 amide bonds. The molecule has 1 aliphatic heterocycles. The first kappa shape index (κ1) is 19.0. The molecule has 136 valence electrons. The largest absolute Gasteiger partial charge is 0.445 e. The quantitative estimate of drug-likeness (QED) is 0.770. The van der Waals surface area contributed by atoms with Gasteiger partial charge in [0.05, 0.1) is 6.04 Å². The van der Waals surface area contributed by atoms with Crippen LogP contribution in [0.25, 0.3) is 0 Å². The van der Waals surface area contributed by atoms with Crippen LogP contribution >= 0.6 is 0 Å². The Hall–Kier alpha value is -2.37. The van der Waals surface area contributed by atoms with Crippen LogP contribution in [0.4, 0.5) is 4.79 Å². The third-order valence-corrected chi connectivity index (χ3v) is 4.25. The summed E-state index contributed by atoms with van der Waals surface area (Å²) in [4.78, 5) is 37.6. The van der Waals surface area contributed by atoms with E-state index in [2.05, 4.69) is 5.32 Å². The highest BCUT2D eigenvalue weighted by atomic mass is 16.5. The lowest BCUT2D eigenvalue weighted by atomic mass is 10.0.